The van der Waals surface area contributed by atoms with Crippen LogP contribution in [0.5, 0.6) is 0 Å². The summed E-state index contributed by atoms with van der Waals surface area (Å²) in [5.74, 6) is -0.325. The molecule has 25 heavy (non-hydrogen) atoms. The van der Waals surface area contributed by atoms with Gasteiger partial charge >= 0.3 is 5.97 Å². The minimum atomic E-state index is -0.325. The number of benzene rings is 2. The second-order valence-corrected chi connectivity index (χ2v) is 5.54. The highest BCUT2D eigenvalue weighted by molar-refractivity contribution is 5.90. The molecule has 1 aliphatic heterocycles. The Kier molecular flexibility index (Phi) is 7.64. The Morgan fingerprint density at radius 2 is 1.64 bits per heavy atom. The Balaban J connectivity index is 0.00000109. The van der Waals surface area contributed by atoms with Crippen LogP contribution < -0.4 is 0 Å². The maximum Gasteiger partial charge on any atom is 0.338 e. The van der Waals surface area contributed by atoms with Crippen molar-refractivity contribution in [1.82, 2.24) is 0 Å². The molecule has 0 radical (unpaired) electrons. The number of esters is 1. The van der Waals surface area contributed by atoms with Crippen LogP contribution in [-0.4, -0.2) is 32.1 Å². The van der Waals surface area contributed by atoms with Crippen LogP contribution in [0.4, 0.5) is 0 Å². The van der Waals surface area contributed by atoms with Crippen molar-refractivity contribution >= 4 is 5.97 Å². The summed E-state index contributed by atoms with van der Waals surface area (Å²) < 4.78 is 16.0. The highest BCUT2D eigenvalue weighted by atomic mass is 16.7. The van der Waals surface area contributed by atoms with Gasteiger partial charge in [0.15, 0.2) is 6.29 Å². The van der Waals surface area contributed by atoms with E-state index in [2.05, 4.69) is 0 Å². The molecule has 1 aliphatic rings. The van der Waals surface area contributed by atoms with Crippen molar-refractivity contribution < 1.29 is 19.0 Å². The predicted octanol–water partition coefficient (Wildman–Crippen LogP) is 4.69. The monoisotopic (exact) mass is 342 g/mol. The fraction of sp³-hybridized carbons (Fsp3) is 0.381. The molecule has 4 nitrogen and oxygen atoms in total. The molecule has 2 aromatic rings. The fourth-order valence-corrected chi connectivity index (χ4v) is 2.65. The van der Waals surface area contributed by atoms with E-state index < -0.39 is 0 Å². The van der Waals surface area contributed by atoms with Gasteiger partial charge in [-0.15, -0.1) is 0 Å². The summed E-state index contributed by atoms with van der Waals surface area (Å²) >= 11 is 0. The first-order chi connectivity index (χ1) is 12.3. The summed E-state index contributed by atoms with van der Waals surface area (Å²) in [5.41, 5.74) is 2.74. The van der Waals surface area contributed by atoms with Gasteiger partial charge in [0.2, 0.25) is 0 Å². The van der Waals surface area contributed by atoms with Gasteiger partial charge in [-0.25, -0.2) is 4.79 Å². The second-order valence-electron chi connectivity index (χ2n) is 5.54. The summed E-state index contributed by atoms with van der Waals surface area (Å²) in [4.78, 5) is 12.1. The van der Waals surface area contributed by atoms with Crippen LogP contribution in [0.3, 0.4) is 0 Å². The molecule has 3 rings (SSSR count). The third kappa shape index (κ3) is 5.41. The lowest BCUT2D eigenvalue weighted by Gasteiger charge is -2.12. The van der Waals surface area contributed by atoms with E-state index in [1.165, 1.54) is 0 Å². The standard InChI is InChI=1S/C19H20O4.C2H6/c1-21-18-12-11-17(23-18)13-22-19(20)16-9-7-15(8-10-16)14-5-3-2-4-6-14;1-2/h2-10,17-18H,11-13H2,1H3;1-2H3. The number of ether oxygens (including phenoxy) is 3. The van der Waals surface area contributed by atoms with Gasteiger partial charge in [0, 0.05) is 13.5 Å². The Hall–Kier alpha value is -2.17. The van der Waals surface area contributed by atoms with Crippen LogP contribution in [0, 0.1) is 0 Å². The van der Waals surface area contributed by atoms with Crippen molar-refractivity contribution in [3.05, 3.63) is 60.2 Å². The molecule has 2 aromatic carbocycles. The lowest BCUT2D eigenvalue weighted by molar-refractivity contribution is -0.123. The summed E-state index contributed by atoms with van der Waals surface area (Å²) in [5, 5.41) is 0. The molecule has 1 saturated heterocycles. The van der Waals surface area contributed by atoms with Crippen molar-refractivity contribution in [3.63, 3.8) is 0 Å². The Bertz CT molecular complexity index is 637. The molecular weight excluding hydrogens is 316 g/mol. The first kappa shape index (κ1) is 19.2. The first-order valence-corrected chi connectivity index (χ1v) is 8.77. The molecule has 0 amide bonds. The number of hydrogen-bond acceptors (Lipinski definition) is 4. The number of carbonyl (C=O) groups excluding carboxylic acids is 1. The van der Waals surface area contributed by atoms with Gasteiger partial charge in [0.25, 0.3) is 0 Å². The molecule has 0 aromatic heterocycles. The number of carbonyl (C=O) groups is 1. The fourth-order valence-electron chi connectivity index (χ4n) is 2.65. The smallest absolute Gasteiger partial charge is 0.338 e. The molecule has 2 unspecified atom stereocenters. The zero-order valence-electron chi connectivity index (χ0n) is 15.1. The molecule has 2 atom stereocenters. The van der Waals surface area contributed by atoms with E-state index >= 15 is 0 Å². The zero-order valence-corrected chi connectivity index (χ0v) is 15.1. The molecular formula is C21H26O4. The van der Waals surface area contributed by atoms with Crippen molar-refractivity contribution in [2.45, 2.75) is 39.1 Å². The van der Waals surface area contributed by atoms with Gasteiger partial charge in [-0.3, -0.25) is 0 Å². The molecule has 134 valence electrons. The molecule has 0 spiro atoms. The largest absolute Gasteiger partial charge is 0.459 e. The summed E-state index contributed by atoms with van der Waals surface area (Å²) in [6.07, 6.45) is 1.43. The third-order valence-corrected chi connectivity index (χ3v) is 3.96. The van der Waals surface area contributed by atoms with E-state index in [9.17, 15) is 4.79 Å². The Morgan fingerprint density at radius 1 is 1.00 bits per heavy atom. The molecule has 0 aliphatic carbocycles. The number of hydrogen-bond donors (Lipinski definition) is 0. The van der Waals surface area contributed by atoms with Gasteiger partial charge in [-0.05, 0) is 29.7 Å². The van der Waals surface area contributed by atoms with E-state index in [1.807, 2.05) is 56.3 Å². The van der Waals surface area contributed by atoms with Crippen LogP contribution in [-0.2, 0) is 14.2 Å². The molecule has 0 saturated carbocycles. The predicted molar refractivity (Wildman–Crippen MR) is 98.4 cm³/mol. The molecule has 1 fully saturated rings. The van der Waals surface area contributed by atoms with Crippen LogP contribution in [0.15, 0.2) is 54.6 Å². The van der Waals surface area contributed by atoms with Crippen LogP contribution >= 0.6 is 0 Å². The second kappa shape index (κ2) is 9.97. The van der Waals surface area contributed by atoms with Crippen molar-refractivity contribution in [3.8, 4) is 11.1 Å². The van der Waals surface area contributed by atoms with E-state index in [1.54, 1.807) is 19.2 Å². The summed E-state index contributed by atoms with van der Waals surface area (Å²) in [7, 11) is 1.62. The van der Waals surface area contributed by atoms with Crippen molar-refractivity contribution in [2.24, 2.45) is 0 Å². The zero-order chi connectivity index (χ0) is 18.1. The normalized spacial score (nSPS) is 19.0. The highest BCUT2D eigenvalue weighted by Crippen LogP contribution is 2.21. The Morgan fingerprint density at radius 3 is 2.24 bits per heavy atom. The number of rotatable bonds is 5. The lowest BCUT2D eigenvalue weighted by Crippen LogP contribution is -2.20. The van der Waals surface area contributed by atoms with E-state index in [0.29, 0.717) is 5.56 Å². The maximum absolute atomic E-state index is 12.1. The lowest BCUT2D eigenvalue weighted by atomic mass is 10.0. The van der Waals surface area contributed by atoms with E-state index in [-0.39, 0.29) is 25.0 Å². The average Bonchev–Trinajstić information content (AvgIpc) is 3.17. The topological polar surface area (TPSA) is 44.8 Å². The summed E-state index contributed by atoms with van der Waals surface area (Å²) in [6.45, 7) is 4.26. The van der Waals surface area contributed by atoms with Gasteiger partial charge in [0.05, 0.1) is 11.7 Å². The molecule has 0 N–H and O–H groups in total. The summed E-state index contributed by atoms with van der Waals surface area (Å²) in [6, 6.07) is 17.5. The maximum atomic E-state index is 12.1. The van der Waals surface area contributed by atoms with Crippen molar-refractivity contribution in [1.29, 1.82) is 0 Å². The molecule has 1 heterocycles. The van der Waals surface area contributed by atoms with Gasteiger partial charge in [0.1, 0.15) is 6.61 Å². The van der Waals surface area contributed by atoms with Gasteiger partial charge in [-0.2, -0.15) is 0 Å². The number of methoxy groups -OCH3 is 1. The SMILES string of the molecule is CC.COC1CCC(COC(=O)c2ccc(-c3ccccc3)cc2)O1. The Labute approximate surface area is 149 Å². The average molecular weight is 342 g/mol. The first-order valence-electron chi connectivity index (χ1n) is 8.77. The van der Waals surface area contributed by atoms with Gasteiger partial charge in [-0.1, -0.05) is 56.3 Å². The van der Waals surface area contributed by atoms with Crippen molar-refractivity contribution in [2.75, 3.05) is 13.7 Å². The third-order valence-electron chi connectivity index (χ3n) is 3.96. The van der Waals surface area contributed by atoms with Gasteiger partial charge < -0.3 is 14.2 Å². The quantitative estimate of drug-likeness (QED) is 0.740. The minimum Gasteiger partial charge on any atom is -0.459 e. The highest BCUT2D eigenvalue weighted by Gasteiger charge is 2.26. The van der Waals surface area contributed by atoms with Crippen LogP contribution in [0.1, 0.15) is 37.0 Å². The van der Waals surface area contributed by atoms with E-state index in [0.717, 1.165) is 24.0 Å². The molecule has 0 bridgehead atoms. The van der Waals surface area contributed by atoms with Crippen LogP contribution in [0.25, 0.3) is 11.1 Å². The van der Waals surface area contributed by atoms with E-state index in [4.69, 9.17) is 14.2 Å². The molecule has 4 heteroatoms. The van der Waals surface area contributed by atoms with Crippen LogP contribution in [0.2, 0.25) is 0 Å². The minimum absolute atomic E-state index is 0.0764.